The van der Waals surface area contributed by atoms with E-state index < -0.39 is 11.4 Å². The van der Waals surface area contributed by atoms with Crippen molar-refractivity contribution in [2.24, 2.45) is 11.3 Å². The molecule has 4 heteroatoms. The molecular weight excluding hydrogens is 269 g/mol. The molecule has 0 spiro atoms. The highest BCUT2D eigenvalue weighted by molar-refractivity contribution is 5.75. The SMILES string of the molecule is CC1CCC(CN(C)Cc2ccc(F)cc2)(C(=O)O)CC1. The van der Waals surface area contributed by atoms with Crippen molar-refractivity contribution in [1.29, 1.82) is 0 Å². The Hall–Kier alpha value is -1.42. The number of carboxylic acids is 1. The average Bonchev–Trinajstić information content (AvgIpc) is 2.44. The van der Waals surface area contributed by atoms with E-state index in [0.29, 0.717) is 19.0 Å². The highest BCUT2D eigenvalue weighted by Crippen LogP contribution is 2.39. The van der Waals surface area contributed by atoms with Crippen molar-refractivity contribution in [3.05, 3.63) is 35.6 Å². The first-order valence-corrected chi connectivity index (χ1v) is 7.58. The molecule has 1 fully saturated rings. The summed E-state index contributed by atoms with van der Waals surface area (Å²) in [5.74, 6) is -0.301. The Balaban J connectivity index is 2.00. The van der Waals surface area contributed by atoms with Crippen LogP contribution in [0.2, 0.25) is 0 Å². The van der Waals surface area contributed by atoms with E-state index in [1.54, 1.807) is 12.1 Å². The van der Waals surface area contributed by atoms with E-state index in [1.165, 1.54) is 12.1 Å². The predicted octanol–water partition coefficient (Wildman–Crippen LogP) is 3.54. The number of rotatable bonds is 5. The fourth-order valence-corrected chi connectivity index (χ4v) is 3.23. The summed E-state index contributed by atoms with van der Waals surface area (Å²) in [6.07, 6.45) is 3.46. The maximum Gasteiger partial charge on any atom is 0.310 e. The molecule has 1 saturated carbocycles. The molecule has 0 aromatic heterocycles. The summed E-state index contributed by atoms with van der Waals surface area (Å²) in [5, 5.41) is 9.65. The lowest BCUT2D eigenvalue weighted by Gasteiger charge is -2.38. The zero-order valence-electron chi connectivity index (χ0n) is 12.8. The van der Waals surface area contributed by atoms with Gasteiger partial charge in [-0.3, -0.25) is 4.79 Å². The summed E-state index contributed by atoms with van der Waals surface area (Å²) < 4.78 is 12.9. The van der Waals surface area contributed by atoms with Gasteiger partial charge in [0.2, 0.25) is 0 Å². The van der Waals surface area contributed by atoms with Crippen LogP contribution in [0.15, 0.2) is 24.3 Å². The molecule has 1 N–H and O–H groups in total. The number of nitrogens with zero attached hydrogens (tertiary/aromatic N) is 1. The maximum absolute atomic E-state index is 12.9. The Kier molecular flexibility index (Phi) is 4.99. The van der Waals surface area contributed by atoms with Crippen LogP contribution in [0.1, 0.15) is 38.2 Å². The van der Waals surface area contributed by atoms with Crippen molar-refractivity contribution in [3.8, 4) is 0 Å². The second kappa shape index (κ2) is 6.56. The lowest BCUT2D eigenvalue weighted by atomic mass is 9.70. The second-order valence-electron chi connectivity index (χ2n) is 6.57. The molecule has 21 heavy (non-hydrogen) atoms. The molecule has 1 aromatic carbocycles. The Labute approximate surface area is 125 Å². The van der Waals surface area contributed by atoms with Crippen LogP contribution < -0.4 is 0 Å². The Bertz CT molecular complexity index is 478. The van der Waals surface area contributed by atoms with Crippen LogP contribution in [0.3, 0.4) is 0 Å². The zero-order valence-corrected chi connectivity index (χ0v) is 12.8. The molecule has 1 aliphatic carbocycles. The van der Waals surface area contributed by atoms with E-state index >= 15 is 0 Å². The standard InChI is InChI=1S/C17H24FNO2/c1-13-7-9-17(10-8-13,16(20)21)12-19(2)11-14-3-5-15(18)6-4-14/h3-6,13H,7-12H2,1-2H3,(H,20,21). The van der Waals surface area contributed by atoms with Gasteiger partial charge in [-0.25, -0.2) is 4.39 Å². The van der Waals surface area contributed by atoms with E-state index in [4.69, 9.17) is 0 Å². The van der Waals surface area contributed by atoms with Crippen molar-refractivity contribution in [1.82, 2.24) is 4.90 Å². The molecule has 1 aliphatic rings. The monoisotopic (exact) mass is 293 g/mol. The summed E-state index contributed by atoms with van der Waals surface area (Å²) in [5.41, 5.74) is 0.380. The van der Waals surface area contributed by atoms with Crippen LogP contribution in [0.25, 0.3) is 0 Å². The molecule has 3 nitrogen and oxygen atoms in total. The number of aliphatic carboxylic acids is 1. The van der Waals surface area contributed by atoms with Gasteiger partial charge in [-0.2, -0.15) is 0 Å². The van der Waals surface area contributed by atoms with E-state index in [9.17, 15) is 14.3 Å². The molecule has 116 valence electrons. The normalized spacial score (nSPS) is 26.0. The smallest absolute Gasteiger partial charge is 0.310 e. The van der Waals surface area contributed by atoms with E-state index in [0.717, 1.165) is 31.2 Å². The molecule has 0 atom stereocenters. The van der Waals surface area contributed by atoms with Crippen molar-refractivity contribution >= 4 is 5.97 Å². The molecule has 0 heterocycles. The number of hydrogen-bond acceptors (Lipinski definition) is 2. The first-order valence-electron chi connectivity index (χ1n) is 7.58. The Morgan fingerprint density at radius 2 is 1.90 bits per heavy atom. The molecule has 0 amide bonds. The van der Waals surface area contributed by atoms with E-state index in [-0.39, 0.29) is 5.82 Å². The molecule has 0 saturated heterocycles. The van der Waals surface area contributed by atoms with E-state index in [1.807, 2.05) is 11.9 Å². The van der Waals surface area contributed by atoms with Crippen molar-refractivity contribution < 1.29 is 14.3 Å². The first kappa shape index (κ1) is 16.0. The molecule has 0 aliphatic heterocycles. The Morgan fingerprint density at radius 3 is 2.43 bits per heavy atom. The van der Waals surface area contributed by atoms with Gasteiger partial charge in [-0.1, -0.05) is 19.1 Å². The van der Waals surface area contributed by atoms with Crippen molar-refractivity contribution in [3.63, 3.8) is 0 Å². The quantitative estimate of drug-likeness (QED) is 0.902. The summed E-state index contributed by atoms with van der Waals surface area (Å²) in [6.45, 7) is 3.38. The Morgan fingerprint density at radius 1 is 1.33 bits per heavy atom. The van der Waals surface area contributed by atoms with Gasteiger partial charge in [0.25, 0.3) is 0 Å². The lowest BCUT2D eigenvalue weighted by molar-refractivity contribution is -0.153. The molecule has 1 aromatic rings. The minimum atomic E-state index is -0.680. The molecule has 0 bridgehead atoms. The van der Waals surface area contributed by atoms with E-state index in [2.05, 4.69) is 6.92 Å². The van der Waals surface area contributed by atoms with Crippen molar-refractivity contribution in [2.45, 2.75) is 39.2 Å². The second-order valence-corrected chi connectivity index (χ2v) is 6.57. The average molecular weight is 293 g/mol. The highest BCUT2D eigenvalue weighted by atomic mass is 19.1. The third kappa shape index (κ3) is 4.03. The van der Waals surface area contributed by atoms with Crippen LogP contribution in [-0.2, 0) is 11.3 Å². The minimum absolute atomic E-state index is 0.246. The summed E-state index contributed by atoms with van der Waals surface area (Å²) in [7, 11) is 1.94. The molecule has 0 unspecified atom stereocenters. The van der Waals surface area contributed by atoms with Gasteiger partial charge in [0.05, 0.1) is 5.41 Å². The molecular formula is C17H24FNO2. The summed E-state index contributed by atoms with van der Waals surface area (Å²) in [6, 6.07) is 6.39. The maximum atomic E-state index is 12.9. The highest BCUT2D eigenvalue weighted by Gasteiger charge is 2.41. The zero-order chi connectivity index (χ0) is 15.5. The van der Waals surface area contributed by atoms with Crippen LogP contribution in [-0.4, -0.2) is 29.6 Å². The number of carbonyl (C=O) groups is 1. The van der Waals surface area contributed by atoms with Crippen LogP contribution in [0.5, 0.6) is 0 Å². The van der Waals surface area contributed by atoms with Crippen LogP contribution in [0, 0.1) is 17.2 Å². The van der Waals surface area contributed by atoms with Crippen molar-refractivity contribution in [2.75, 3.05) is 13.6 Å². The minimum Gasteiger partial charge on any atom is -0.481 e. The number of benzene rings is 1. The summed E-state index contributed by atoms with van der Waals surface area (Å²) in [4.78, 5) is 13.8. The number of hydrogen-bond donors (Lipinski definition) is 1. The fourth-order valence-electron chi connectivity index (χ4n) is 3.23. The van der Waals surface area contributed by atoms with Gasteiger partial charge in [0.15, 0.2) is 0 Å². The fraction of sp³-hybridized carbons (Fsp3) is 0.588. The largest absolute Gasteiger partial charge is 0.481 e. The van der Waals surface area contributed by atoms with Gasteiger partial charge in [0.1, 0.15) is 5.82 Å². The topological polar surface area (TPSA) is 40.5 Å². The van der Waals surface area contributed by atoms with Gasteiger partial charge >= 0.3 is 5.97 Å². The number of carboxylic acid groups (broad SMARTS) is 1. The third-order valence-electron chi connectivity index (χ3n) is 4.62. The first-order chi connectivity index (χ1) is 9.91. The van der Waals surface area contributed by atoms with Gasteiger partial charge in [-0.05, 0) is 56.3 Å². The lowest BCUT2D eigenvalue weighted by Crippen LogP contribution is -2.44. The van der Waals surface area contributed by atoms with Gasteiger partial charge in [0, 0.05) is 13.1 Å². The predicted molar refractivity (Wildman–Crippen MR) is 80.4 cm³/mol. The summed E-state index contributed by atoms with van der Waals surface area (Å²) >= 11 is 0. The third-order valence-corrected chi connectivity index (χ3v) is 4.62. The molecule has 0 radical (unpaired) electrons. The molecule has 2 rings (SSSR count). The number of halogens is 1. The van der Waals surface area contributed by atoms with Crippen LogP contribution >= 0.6 is 0 Å². The van der Waals surface area contributed by atoms with Crippen LogP contribution in [0.4, 0.5) is 4.39 Å². The van der Waals surface area contributed by atoms with Gasteiger partial charge < -0.3 is 10.0 Å². The van der Waals surface area contributed by atoms with Gasteiger partial charge in [-0.15, -0.1) is 0 Å².